The number of hydrogen-bond donors (Lipinski definition) is 0. The summed E-state index contributed by atoms with van der Waals surface area (Å²) >= 11 is 0. The summed E-state index contributed by atoms with van der Waals surface area (Å²) in [6, 6.07) is 9.78. The smallest absolute Gasteiger partial charge is 1.00 e. The average Bonchev–Trinajstić information content (AvgIpc) is 2.40. The third-order valence-electron chi connectivity index (χ3n) is 4.17. The van der Waals surface area contributed by atoms with E-state index in [1.54, 1.807) is 20.8 Å². The summed E-state index contributed by atoms with van der Waals surface area (Å²) in [6.45, 7) is 17.8. The van der Waals surface area contributed by atoms with Gasteiger partial charge in [-0.1, -0.05) is 71.9 Å². The van der Waals surface area contributed by atoms with E-state index in [1.165, 1.54) is 0 Å². The Morgan fingerprint density at radius 1 is 0.852 bits per heavy atom. The zero-order valence-electron chi connectivity index (χ0n) is 19.5. The Morgan fingerprint density at radius 3 is 1.81 bits per heavy atom. The Morgan fingerprint density at radius 2 is 1.37 bits per heavy atom. The molecule has 2 aromatic rings. The summed E-state index contributed by atoms with van der Waals surface area (Å²) in [4.78, 5) is 0.308. The van der Waals surface area contributed by atoms with Crippen LogP contribution in [0.3, 0.4) is 0 Å². The van der Waals surface area contributed by atoms with Gasteiger partial charge in [0.05, 0.1) is 5.60 Å². The van der Waals surface area contributed by atoms with Gasteiger partial charge in [0.2, 0.25) is 0 Å². The van der Waals surface area contributed by atoms with Crippen LogP contribution in [0.4, 0.5) is 0 Å². The van der Waals surface area contributed by atoms with Crippen LogP contribution < -0.4 is 29.6 Å². The minimum absolute atomic E-state index is 0. The van der Waals surface area contributed by atoms with E-state index in [1.807, 2.05) is 24.3 Å². The van der Waals surface area contributed by atoms with E-state index in [4.69, 9.17) is 4.18 Å². The molecule has 0 spiro atoms. The zero-order chi connectivity index (χ0) is 20.1. The minimum atomic E-state index is -3.94. The van der Waals surface area contributed by atoms with Gasteiger partial charge in [0.25, 0.3) is 10.1 Å². The van der Waals surface area contributed by atoms with Crippen LogP contribution in [0.2, 0.25) is 0 Å². The van der Waals surface area contributed by atoms with Crippen molar-refractivity contribution in [2.45, 2.75) is 83.6 Å². The van der Waals surface area contributed by atoms with Gasteiger partial charge >= 0.3 is 29.6 Å². The van der Waals surface area contributed by atoms with Crippen LogP contribution in [0.25, 0.3) is 10.8 Å². The summed E-state index contributed by atoms with van der Waals surface area (Å²) in [5, 5.41) is 1.64. The van der Waals surface area contributed by atoms with Gasteiger partial charge in [-0.25, -0.2) is 0 Å². The first-order valence-corrected chi connectivity index (χ1v) is 10.5. The minimum Gasteiger partial charge on any atom is -1.00 e. The number of hydrogen-bond acceptors (Lipinski definition) is 3. The van der Waals surface area contributed by atoms with Crippen molar-refractivity contribution in [3.05, 3.63) is 41.5 Å². The fourth-order valence-corrected chi connectivity index (χ4v) is 5.14. The van der Waals surface area contributed by atoms with E-state index >= 15 is 0 Å². The summed E-state index contributed by atoms with van der Waals surface area (Å²) in [6.07, 6.45) is 0. The fourth-order valence-electron chi connectivity index (χ4n) is 3.28. The molecule has 0 aliphatic heterocycles. The van der Waals surface area contributed by atoms with Crippen molar-refractivity contribution in [1.82, 2.24) is 0 Å². The maximum absolute atomic E-state index is 13.4. The van der Waals surface area contributed by atoms with Crippen molar-refractivity contribution in [2.75, 3.05) is 0 Å². The predicted octanol–water partition coefficient (Wildman–Crippen LogP) is 3.06. The first-order valence-electron chi connectivity index (χ1n) is 9.06. The van der Waals surface area contributed by atoms with Crippen molar-refractivity contribution in [3.63, 3.8) is 0 Å². The van der Waals surface area contributed by atoms with E-state index in [9.17, 15) is 8.42 Å². The molecule has 0 fully saturated rings. The molecule has 0 unspecified atom stereocenters. The third kappa shape index (κ3) is 5.57. The van der Waals surface area contributed by atoms with Gasteiger partial charge in [0, 0.05) is 5.39 Å². The predicted molar refractivity (Wildman–Crippen MR) is 110 cm³/mol. The van der Waals surface area contributed by atoms with Gasteiger partial charge in [-0.05, 0) is 48.1 Å². The molecule has 0 saturated carbocycles. The molecule has 0 heterocycles. The topological polar surface area (TPSA) is 43.4 Å². The van der Waals surface area contributed by atoms with Crippen molar-refractivity contribution in [3.8, 4) is 0 Å². The van der Waals surface area contributed by atoms with E-state index in [0.717, 1.165) is 21.9 Å². The van der Waals surface area contributed by atoms with Gasteiger partial charge < -0.3 is 1.43 Å². The first-order chi connectivity index (χ1) is 11.5. The third-order valence-corrected chi connectivity index (χ3v) is 5.81. The molecule has 0 N–H and O–H groups in total. The molecule has 5 heteroatoms. The molecular weight excluding hydrogens is 367 g/mol. The van der Waals surface area contributed by atoms with E-state index in [2.05, 4.69) is 47.6 Å². The second-order valence-electron chi connectivity index (χ2n) is 10.00. The van der Waals surface area contributed by atoms with Crippen LogP contribution >= 0.6 is 0 Å². The van der Waals surface area contributed by atoms with Gasteiger partial charge in [-0.3, -0.25) is 4.18 Å². The summed E-state index contributed by atoms with van der Waals surface area (Å²) in [7, 11) is -3.94. The Bertz CT molecular complexity index is 931. The van der Waals surface area contributed by atoms with Crippen LogP contribution in [0.1, 0.15) is 74.9 Å². The van der Waals surface area contributed by atoms with Crippen molar-refractivity contribution in [1.29, 1.82) is 0 Å². The Balaban J connectivity index is 0.00000364. The fraction of sp³-hybridized carbons (Fsp3) is 0.545. The van der Waals surface area contributed by atoms with E-state index in [0.29, 0.717) is 4.90 Å². The van der Waals surface area contributed by atoms with Crippen molar-refractivity contribution < 1.29 is 43.6 Å². The molecule has 0 amide bonds. The average molecular weight is 401 g/mol. The molecule has 2 aromatic carbocycles. The van der Waals surface area contributed by atoms with Crippen LogP contribution in [-0.2, 0) is 25.1 Å². The summed E-state index contributed by atoms with van der Waals surface area (Å²) in [5.41, 5.74) is 0.537. The zero-order valence-corrected chi connectivity index (χ0v) is 21.3. The second-order valence-corrected chi connectivity index (χ2v) is 11.5. The van der Waals surface area contributed by atoms with Crippen molar-refractivity contribution in [2.24, 2.45) is 0 Å². The number of rotatable bonds is 2. The second kappa shape index (κ2) is 7.79. The van der Waals surface area contributed by atoms with E-state index in [-0.39, 0.29) is 41.8 Å². The van der Waals surface area contributed by atoms with Crippen LogP contribution in [0, 0.1) is 0 Å². The molecule has 146 valence electrons. The largest absolute Gasteiger partial charge is 1.00 e. The standard InChI is InChI=1S/C22H32O3S.Na.H/c1-20(2,3)17-14-15-12-10-11-13-16(15)19(18(17)21(4,5)6)26(23,24)25-22(7,8)9;;/h10-14H,1-9H3;;/q;+1;-1. The quantitative estimate of drug-likeness (QED) is 0.575. The normalized spacial score (nSPS) is 13.5. The molecule has 0 aliphatic rings. The molecule has 0 radical (unpaired) electrons. The molecule has 0 aliphatic carbocycles. The molecule has 2 rings (SSSR count). The summed E-state index contributed by atoms with van der Waals surface area (Å²) in [5.74, 6) is 0. The Kier molecular flexibility index (Phi) is 7.12. The van der Waals surface area contributed by atoms with Crippen LogP contribution in [0.15, 0.2) is 35.2 Å². The Hall–Kier alpha value is -0.390. The molecule has 0 aromatic heterocycles. The summed E-state index contributed by atoms with van der Waals surface area (Å²) < 4.78 is 32.4. The molecule has 3 nitrogen and oxygen atoms in total. The SMILES string of the molecule is CC(C)(C)OS(=O)(=O)c1c(C(C)(C)C)c(C(C)(C)C)cc2ccccc12.[H-].[Na+]. The maximum atomic E-state index is 13.4. The first kappa shape index (κ1) is 24.6. The van der Waals surface area contributed by atoms with Gasteiger partial charge in [0.1, 0.15) is 4.90 Å². The van der Waals surface area contributed by atoms with E-state index < -0.39 is 15.7 Å². The maximum Gasteiger partial charge on any atom is 1.00 e. The van der Waals surface area contributed by atoms with Gasteiger partial charge in [0.15, 0.2) is 0 Å². The van der Waals surface area contributed by atoms with Crippen LogP contribution in [0.5, 0.6) is 0 Å². The van der Waals surface area contributed by atoms with Crippen LogP contribution in [-0.4, -0.2) is 14.0 Å². The van der Waals surface area contributed by atoms with Gasteiger partial charge in [-0.2, -0.15) is 8.42 Å². The molecule has 0 atom stereocenters. The molecule has 27 heavy (non-hydrogen) atoms. The molecule has 0 saturated heterocycles. The number of fused-ring (bicyclic) bond motifs is 1. The Labute approximate surface area is 188 Å². The number of benzene rings is 2. The molecular formula is C22H33NaO3S. The molecule has 0 bridgehead atoms. The van der Waals surface area contributed by atoms with Crippen molar-refractivity contribution >= 4 is 20.9 Å². The van der Waals surface area contributed by atoms with Gasteiger partial charge in [-0.15, -0.1) is 0 Å². The monoisotopic (exact) mass is 400 g/mol.